The van der Waals surface area contributed by atoms with E-state index in [9.17, 15) is 9.59 Å². The second kappa shape index (κ2) is 4.70. The van der Waals surface area contributed by atoms with E-state index < -0.39 is 12.0 Å². The molecule has 0 radical (unpaired) electrons. The summed E-state index contributed by atoms with van der Waals surface area (Å²) in [5, 5.41) is 19.1. The summed E-state index contributed by atoms with van der Waals surface area (Å²) in [5.74, 6) is -1.05. The Balaban J connectivity index is 2.28. The summed E-state index contributed by atoms with van der Waals surface area (Å²) in [5.41, 5.74) is 5.96. The first-order valence-electron chi connectivity index (χ1n) is 5.18. The zero-order valence-corrected chi connectivity index (χ0v) is 9.33. The summed E-state index contributed by atoms with van der Waals surface area (Å²) in [6, 6.07) is 4.18. The van der Waals surface area contributed by atoms with Crippen LogP contribution in [0.5, 0.6) is 0 Å². The molecule has 0 aliphatic heterocycles. The molecule has 0 saturated heterocycles. The first-order chi connectivity index (χ1) is 8.59. The third kappa shape index (κ3) is 2.21. The number of amides is 2. The number of carboxylic acids is 1. The summed E-state index contributed by atoms with van der Waals surface area (Å²) in [4.78, 5) is 21.5. The summed E-state index contributed by atoms with van der Waals surface area (Å²) in [6.45, 7) is 0.660. The van der Waals surface area contributed by atoms with Crippen LogP contribution in [0.3, 0.4) is 0 Å². The van der Waals surface area contributed by atoms with Crippen LogP contribution in [0.1, 0.15) is 10.4 Å². The van der Waals surface area contributed by atoms with Crippen LogP contribution in [0.4, 0.5) is 4.79 Å². The highest BCUT2D eigenvalue weighted by molar-refractivity contribution is 6.00. The number of benzene rings is 1. The van der Waals surface area contributed by atoms with Gasteiger partial charge in [0.2, 0.25) is 0 Å². The maximum atomic E-state index is 11.0. The normalized spacial score (nSPS) is 10.4. The molecule has 1 aromatic heterocycles. The number of nitrogens with two attached hydrogens (primary N) is 1. The van der Waals surface area contributed by atoms with Gasteiger partial charge in [0.15, 0.2) is 0 Å². The van der Waals surface area contributed by atoms with Crippen molar-refractivity contribution in [3.63, 3.8) is 0 Å². The Hall–Kier alpha value is -2.64. The van der Waals surface area contributed by atoms with E-state index in [2.05, 4.69) is 15.6 Å². The number of hydrogen-bond acceptors (Lipinski definition) is 4. The molecule has 8 nitrogen and oxygen atoms in total. The van der Waals surface area contributed by atoms with Crippen molar-refractivity contribution in [1.82, 2.24) is 20.3 Å². The topological polar surface area (TPSA) is 123 Å². The molecular formula is C10H11N5O3. The number of nitrogens with one attached hydrogen (secondary N) is 1. The van der Waals surface area contributed by atoms with E-state index in [0.29, 0.717) is 24.1 Å². The maximum absolute atomic E-state index is 11.0. The van der Waals surface area contributed by atoms with Crippen LogP contribution in [0, 0.1) is 0 Å². The van der Waals surface area contributed by atoms with Crippen molar-refractivity contribution >= 4 is 23.0 Å². The van der Waals surface area contributed by atoms with Crippen LogP contribution in [-0.4, -0.2) is 38.6 Å². The molecule has 4 N–H and O–H groups in total. The summed E-state index contributed by atoms with van der Waals surface area (Å²) in [7, 11) is 0. The molecule has 94 valence electrons. The number of aromatic nitrogens is 3. The van der Waals surface area contributed by atoms with Crippen LogP contribution in [0.15, 0.2) is 18.2 Å². The number of primary amides is 1. The molecule has 1 aromatic carbocycles. The lowest BCUT2D eigenvalue weighted by atomic mass is 10.2. The molecule has 8 heteroatoms. The summed E-state index contributed by atoms with van der Waals surface area (Å²) < 4.78 is 1.51. The van der Waals surface area contributed by atoms with Gasteiger partial charge in [-0.3, -0.25) is 0 Å². The van der Waals surface area contributed by atoms with Crippen molar-refractivity contribution in [2.75, 3.05) is 6.54 Å². The lowest BCUT2D eigenvalue weighted by Crippen LogP contribution is -2.32. The molecule has 18 heavy (non-hydrogen) atoms. The zero-order valence-electron chi connectivity index (χ0n) is 9.33. The largest absolute Gasteiger partial charge is 0.478 e. The molecule has 2 amide bonds. The summed E-state index contributed by atoms with van der Waals surface area (Å²) >= 11 is 0. The molecule has 0 aliphatic carbocycles. The Morgan fingerprint density at radius 3 is 2.89 bits per heavy atom. The maximum Gasteiger partial charge on any atom is 0.338 e. The number of carbonyl (C=O) groups excluding carboxylic acids is 1. The van der Waals surface area contributed by atoms with Crippen LogP contribution in [-0.2, 0) is 6.54 Å². The van der Waals surface area contributed by atoms with Gasteiger partial charge in [0.25, 0.3) is 0 Å². The minimum atomic E-state index is -1.05. The Morgan fingerprint density at radius 2 is 2.22 bits per heavy atom. The van der Waals surface area contributed by atoms with E-state index in [4.69, 9.17) is 10.8 Å². The molecule has 2 rings (SSSR count). The van der Waals surface area contributed by atoms with E-state index in [1.807, 2.05) is 0 Å². The number of urea groups is 1. The molecule has 0 fully saturated rings. The zero-order chi connectivity index (χ0) is 13.1. The highest BCUT2D eigenvalue weighted by atomic mass is 16.4. The molecule has 0 atom stereocenters. The second-order valence-electron chi connectivity index (χ2n) is 3.58. The van der Waals surface area contributed by atoms with Gasteiger partial charge in [0.1, 0.15) is 5.52 Å². The molecule has 0 bridgehead atoms. The van der Waals surface area contributed by atoms with Crippen LogP contribution in [0.2, 0.25) is 0 Å². The number of fused-ring (bicyclic) bond motifs is 1. The SMILES string of the molecule is NC(=O)NCCn1nnc2c(C(=O)O)cccc21. The Labute approximate surface area is 101 Å². The number of carboxylic acid groups (broad SMARTS) is 1. The van der Waals surface area contributed by atoms with Gasteiger partial charge < -0.3 is 16.2 Å². The van der Waals surface area contributed by atoms with Crippen molar-refractivity contribution in [2.45, 2.75) is 6.54 Å². The minimum Gasteiger partial charge on any atom is -0.478 e. The van der Waals surface area contributed by atoms with Gasteiger partial charge in [-0.25, -0.2) is 14.3 Å². The molecular weight excluding hydrogens is 238 g/mol. The van der Waals surface area contributed by atoms with E-state index in [0.717, 1.165) is 0 Å². The third-order valence-corrected chi connectivity index (χ3v) is 2.40. The van der Waals surface area contributed by atoms with Crippen molar-refractivity contribution in [3.05, 3.63) is 23.8 Å². The Kier molecular flexibility index (Phi) is 3.09. The van der Waals surface area contributed by atoms with Crippen LogP contribution >= 0.6 is 0 Å². The third-order valence-electron chi connectivity index (χ3n) is 2.40. The molecule has 1 heterocycles. The van der Waals surface area contributed by atoms with Crippen LogP contribution in [0.25, 0.3) is 11.0 Å². The molecule has 0 unspecified atom stereocenters. The quantitative estimate of drug-likeness (QED) is 0.692. The van der Waals surface area contributed by atoms with Crippen LogP contribution < -0.4 is 11.1 Å². The standard InChI is InChI=1S/C10H11N5O3/c11-10(18)12-4-5-15-7-3-1-2-6(9(16)17)8(7)13-14-15/h1-3H,4-5H2,(H,16,17)(H3,11,12,18). The van der Waals surface area contributed by atoms with E-state index in [1.54, 1.807) is 12.1 Å². The molecule has 2 aromatic rings. The second-order valence-corrected chi connectivity index (χ2v) is 3.58. The minimum absolute atomic E-state index is 0.0987. The van der Waals surface area contributed by atoms with Gasteiger partial charge in [-0.15, -0.1) is 5.10 Å². The fourth-order valence-electron chi connectivity index (χ4n) is 1.61. The number of aromatic carboxylic acids is 1. The van der Waals surface area contributed by atoms with Gasteiger partial charge in [0, 0.05) is 6.54 Å². The first-order valence-corrected chi connectivity index (χ1v) is 5.18. The van der Waals surface area contributed by atoms with Gasteiger partial charge in [-0.05, 0) is 12.1 Å². The van der Waals surface area contributed by atoms with E-state index in [1.165, 1.54) is 10.7 Å². The average molecular weight is 249 g/mol. The molecule has 0 aliphatic rings. The smallest absolute Gasteiger partial charge is 0.338 e. The number of nitrogens with zero attached hydrogens (tertiary/aromatic N) is 3. The lowest BCUT2D eigenvalue weighted by molar-refractivity contribution is 0.0699. The van der Waals surface area contributed by atoms with Crippen molar-refractivity contribution in [1.29, 1.82) is 0 Å². The predicted octanol–water partition coefficient (Wildman–Crippen LogP) is -0.202. The number of rotatable bonds is 4. The van der Waals surface area contributed by atoms with Gasteiger partial charge >= 0.3 is 12.0 Å². The first kappa shape index (κ1) is 11.8. The monoisotopic (exact) mass is 249 g/mol. The average Bonchev–Trinajstić information content (AvgIpc) is 2.72. The van der Waals surface area contributed by atoms with Gasteiger partial charge in [0.05, 0.1) is 17.6 Å². The van der Waals surface area contributed by atoms with E-state index >= 15 is 0 Å². The Morgan fingerprint density at radius 1 is 1.44 bits per heavy atom. The fraction of sp³-hybridized carbons (Fsp3) is 0.200. The highest BCUT2D eigenvalue weighted by Gasteiger charge is 2.13. The van der Waals surface area contributed by atoms with E-state index in [-0.39, 0.29) is 5.56 Å². The fourth-order valence-corrected chi connectivity index (χ4v) is 1.61. The molecule has 0 spiro atoms. The molecule has 0 saturated carbocycles. The number of hydrogen-bond donors (Lipinski definition) is 3. The Bertz CT molecular complexity index is 607. The van der Waals surface area contributed by atoms with Gasteiger partial charge in [-0.1, -0.05) is 11.3 Å². The van der Waals surface area contributed by atoms with Crippen molar-refractivity contribution in [3.8, 4) is 0 Å². The number of carbonyl (C=O) groups is 2. The highest BCUT2D eigenvalue weighted by Crippen LogP contribution is 2.15. The van der Waals surface area contributed by atoms with Gasteiger partial charge in [-0.2, -0.15) is 0 Å². The lowest BCUT2D eigenvalue weighted by Gasteiger charge is -2.03. The van der Waals surface area contributed by atoms with Crippen molar-refractivity contribution < 1.29 is 14.7 Å². The predicted molar refractivity (Wildman–Crippen MR) is 62.1 cm³/mol. The summed E-state index contributed by atoms with van der Waals surface area (Å²) in [6.07, 6.45) is 0. The van der Waals surface area contributed by atoms with Crippen molar-refractivity contribution in [2.24, 2.45) is 5.73 Å².